The topological polar surface area (TPSA) is 41.6 Å². The molecule has 1 aromatic carbocycles. The quantitative estimate of drug-likeness (QED) is 0.408. The molecule has 27 heavy (non-hydrogen) atoms. The highest BCUT2D eigenvalue weighted by Gasteiger charge is 2.14. The normalized spacial score (nSPS) is 11.0. The lowest BCUT2D eigenvalue weighted by molar-refractivity contribution is 0.628. The number of imidazole rings is 1. The summed E-state index contributed by atoms with van der Waals surface area (Å²) in [5, 5.41) is 3.05. The fraction of sp³-hybridized carbons (Fsp3) is 0.143. The highest BCUT2D eigenvalue weighted by atomic mass is 32.2. The Hall–Kier alpha value is -2.44. The first-order chi connectivity index (χ1) is 13.2. The molecule has 0 aliphatic carbocycles. The van der Waals surface area contributed by atoms with Gasteiger partial charge in [0, 0.05) is 34.2 Å². The second kappa shape index (κ2) is 8.06. The minimum atomic E-state index is -0.249. The van der Waals surface area contributed by atoms with E-state index in [2.05, 4.69) is 28.3 Å². The Morgan fingerprint density at radius 2 is 1.85 bits per heavy atom. The summed E-state index contributed by atoms with van der Waals surface area (Å²) >= 11 is 3.50. The van der Waals surface area contributed by atoms with Crippen molar-refractivity contribution in [1.82, 2.24) is 15.0 Å². The van der Waals surface area contributed by atoms with Gasteiger partial charge in [-0.2, -0.15) is 0 Å². The van der Waals surface area contributed by atoms with Crippen LogP contribution in [0.4, 0.5) is 4.39 Å². The third kappa shape index (κ3) is 4.28. The first-order valence-corrected chi connectivity index (χ1v) is 10.5. The van der Waals surface area contributed by atoms with Crippen LogP contribution in [0.5, 0.6) is 0 Å². The molecule has 0 saturated carbocycles. The van der Waals surface area contributed by atoms with E-state index in [1.807, 2.05) is 12.1 Å². The number of rotatable bonds is 6. The third-order valence-electron chi connectivity index (χ3n) is 4.14. The molecule has 3 nitrogen and oxygen atoms in total. The van der Waals surface area contributed by atoms with Gasteiger partial charge in [0.15, 0.2) is 5.16 Å². The SMILES string of the molecule is Cc1csc(CCSc2nc(-c3ccc(F)cc3)c(-c3ccncc3)[nH]2)c1. The molecular formula is C21H18FN3S2. The maximum atomic E-state index is 13.3. The van der Waals surface area contributed by atoms with Gasteiger partial charge in [0.05, 0.1) is 11.4 Å². The van der Waals surface area contributed by atoms with Crippen LogP contribution in [0.1, 0.15) is 10.4 Å². The molecular weight excluding hydrogens is 377 g/mol. The number of nitrogens with zero attached hydrogens (tertiary/aromatic N) is 2. The molecule has 0 bridgehead atoms. The number of hydrogen-bond acceptors (Lipinski definition) is 4. The molecule has 4 rings (SSSR count). The average molecular weight is 396 g/mol. The van der Waals surface area contributed by atoms with E-state index < -0.39 is 0 Å². The van der Waals surface area contributed by atoms with E-state index in [0.29, 0.717) is 0 Å². The summed E-state index contributed by atoms with van der Waals surface area (Å²) < 4.78 is 13.3. The molecule has 0 saturated heterocycles. The summed E-state index contributed by atoms with van der Waals surface area (Å²) in [6.45, 7) is 2.12. The number of pyridine rings is 1. The number of aryl methyl sites for hydroxylation is 2. The first-order valence-electron chi connectivity index (χ1n) is 8.62. The van der Waals surface area contributed by atoms with E-state index in [9.17, 15) is 4.39 Å². The van der Waals surface area contributed by atoms with E-state index in [4.69, 9.17) is 4.98 Å². The fourth-order valence-corrected chi connectivity index (χ4v) is 4.69. The molecule has 0 aliphatic heterocycles. The van der Waals surface area contributed by atoms with Crippen molar-refractivity contribution < 1.29 is 4.39 Å². The van der Waals surface area contributed by atoms with E-state index in [-0.39, 0.29) is 5.82 Å². The van der Waals surface area contributed by atoms with Gasteiger partial charge >= 0.3 is 0 Å². The number of thiophene rings is 1. The molecule has 3 aromatic heterocycles. The highest BCUT2D eigenvalue weighted by Crippen LogP contribution is 2.33. The van der Waals surface area contributed by atoms with Gasteiger partial charge in [-0.3, -0.25) is 4.98 Å². The number of thioether (sulfide) groups is 1. The predicted molar refractivity (Wildman–Crippen MR) is 111 cm³/mol. The minimum Gasteiger partial charge on any atom is -0.332 e. The number of H-pyrrole nitrogens is 1. The van der Waals surface area contributed by atoms with E-state index >= 15 is 0 Å². The predicted octanol–water partition coefficient (Wildman–Crippen LogP) is 5.98. The van der Waals surface area contributed by atoms with Crippen LogP contribution in [-0.2, 0) is 6.42 Å². The van der Waals surface area contributed by atoms with Gasteiger partial charge in [0.2, 0.25) is 0 Å². The summed E-state index contributed by atoms with van der Waals surface area (Å²) in [5.41, 5.74) is 4.98. The Labute approximate surface area is 165 Å². The summed E-state index contributed by atoms with van der Waals surface area (Å²) in [5.74, 6) is 0.701. The Morgan fingerprint density at radius 1 is 1.07 bits per heavy atom. The number of aromatic amines is 1. The van der Waals surface area contributed by atoms with E-state index in [1.165, 1.54) is 22.6 Å². The lowest BCUT2D eigenvalue weighted by Crippen LogP contribution is -1.86. The van der Waals surface area contributed by atoms with Gasteiger partial charge in [0.25, 0.3) is 0 Å². The van der Waals surface area contributed by atoms with Crippen LogP contribution in [0.15, 0.2) is 65.4 Å². The van der Waals surface area contributed by atoms with Crippen LogP contribution < -0.4 is 0 Å². The smallest absolute Gasteiger partial charge is 0.166 e. The number of halogens is 1. The Kier molecular flexibility index (Phi) is 5.36. The molecule has 0 radical (unpaired) electrons. The van der Waals surface area contributed by atoms with Crippen molar-refractivity contribution in [3.8, 4) is 22.5 Å². The van der Waals surface area contributed by atoms with Crippen LogP contribution in [0.2, 0.25) is 0 Å². The maximum Gasteiger partial charge on any atom is 0.166 e. The zero-order valence-corrected chi connectivity index (χ0v) is 16.4. The van der Waals surface area contributed by atoms with Crippen LogP contribution in [0.25, 0.3) is 22.5 Å². The Bertz CT molecular complexity index is 1020. The molecule has 3 heterocycles. The third-order valence-corrected chi connectivity index (χ3v) is 6.13. The molecule has 0 spiro atoms. The van der Waals surface area contributed by atoms with Crippen molar-refractivity contribution in [2.24, 2.45) is 0 Å². The summed E-state index contributed by atoms with van der Waals surface area (Å²) in [6, 6.07) is 12.6. The highest BCUT2D eigenvalue weighted by molar-refractivity contribution is 7.99. The average Bonchev–Trinajstić information content (AvgIpc) is 3.30. The van der Waals surface area contributed by atoms with Crippen molar-refractivity contribution in [3.05, 3.63) is 76.5 Å². The summed E-state index contributed by atoms with van der Waals surface area (Å²) in [4.78, 5) is 13.7. The van der Waals surface area contributed by atoms with Crippen LogP contribution >= 0.6 is 23.1 Å². The molecule has 0 unspecified atom stereocenters. The minimum absolute atomic E-state index is 0.249. The van der Waals surface area contributed by atoms with Crippen molar-refractivity contribution >= 4 is 23.1 Å². The monoisotopic (exact) mass is 395 g/mol. The largest absolute Gasteiger partial charge is 0.332 e. The number of aromatic nitrogens is 3. The van der Waals surface area contributed by atoms with Crippen molar-refractivity contribution in [1.29, 1.82) is 0 Å². The van der Waals surface area contributed by atoms with Gasteiger partial charge in [-0.15, -0.1) is 11.3 Å². The molecule has 1 N–H and O–H groups in total. The maximum absolute atomic E-state index is 13.3. The molecule has 4 aromatic rings. The zero-order chi connectivity index (χ0) is 18.6. The molecule has 6 heteroatoms. The van der Waals surface area contributed by atoms with Crippen LogP contribution in [0.3, 0.4) is 0 Å². The van der Waals surface area contributed by atoms with Crippen molar-refractivity contribution in [2.45, 2.75) is 18.5 Å². The number of hydrogen-bond donors (Lipinski definition) is 1. The molecule has 0 amide bonds. The first kappa shape index (κ1) is 17.9. The van der Waals surface area contributed by atoms with Gasteiger partial charge < -0.3 is 4.98 Å². The second-order valence-electron chi connectivity index (χ2n) is 6.20. The Balaban J connectivity index is 1.60. The summed E-state index contributed by atoms with van der Waals surface area (Å²) in [7, 11) is 0. The molecule has 0 atom stereocenters. The van der Waals surface area contributed by atoms with Gasteiger partial charge in [0.1, 0.15) is 5.82 Å². The van der Waals surface area contributed by atoms with E-state index in [1.54, 1.807) is 47.6 Å². The zero-order valence-electron chi connectivity index (χ0n) is 14.8. The second-order valence-corrected chi connectivity index (χ2v) is 8.28. The Morgan fingerprint density at radius 3 is 2.56 bits per heavy atom. The van der Waals surface area contributed by atoms with Crippen molar-refractivity contribution in [2.75, 3.05) is 5.75 Å². The molecule has 136 valence electrons. The molecule has 0 aliphatic rings. The number of benzene rings is 1. The standard InChI is InChI=1S/C21H18FN3S2/c1-14-12-18(27-13-14)8-11-26-21-24-19(15-2-4-17(22)5-3-15)20(25-21)16-6-9-23-10-7-16/h2-7,9-10,12-13H,8,11H2,1H3,(H,24,25). The van der Waals surface area contributed by atoms with Gasteiger partial charge in [-0.05, 0) is 66.8 Å². The van der Waals surface area contributed by atoms with E-state index in [0.717, 1.165) is 39.8 Å². The lowest BCUT2D eigenvalue weighted by atomic mass is 10.1. The van der Waals surface area contributed by atoms with Crippen LogP contribution in [-0.4, -0.2) is 20.7 Å². The summed E-state index contributed by atoms with van der Waals surface area (Å²) in [6.07, 6.45) is 4.54. The fourth-order valence-electron chi connectivity index (χ4n) is 2.83. The molecule has 0 fully saturated rings. The van der Waals surface area contributed by atoms with Crippen molar-refractivity contribution in [3.63, 3.8) is 0 Å². The van der Waals surface area contributed by atoms with Gasteiger partial charge in [-0.1, -0.05) is 11.8 Å². The lowest BCUT2D eigenvalue weighted by Gasteiger charge is -2.02. The van der Waals surface area contributed by atoms with Crippen LogP contribution in [0, 0.1) is 12.7 Å². The number of nitrogens with one attached hydrogen (secondary N) is 1. The van der Waals surface area contributed by atoms with Gasteiger partial charge in [-0.25, -0.2) is 9.37 Å².